The van der Waals surface area contributed by atoms with Crippen LogP contribution in [0.5, 0.6) is 0 Å². The van der Waals surface area contributed by atoms with E-state index in [4.69, 9.17) is 15.0 Å². The lowest BCUT2D eigenvalue weighted by molar-refractivity contribution is 0.471. The SMILES string of the molecule is C=C(NNC(C)=Nc1nc(N2CCC2C)nc2cc(C)sc12)C1CC1. The van der Waals surface area contributed by atoms with Crippen LogP contribution in [-0.4, -0.2) is 28.4 Å². The van der Waals surface area contributed by atoms with E-state index in [2.05, 4.69) is 42.2 Å². The van der Waals surface area contributed by atoms with Crippen molar-refractivity contribution in [1.82, 2.24) is 20.8 Å². The normalized spacial score (nSPS) is 20.5. The molecule has 2 N–H and O–H groups in total. The highest BCUT2D eigenvalue weighted by Gasteiger charge is 2.27. The van der Waals surface area contributed by atoms with Crippen molar-refractivity contribution in [3.05, 3.63) is 23.2 Å². The third-order valence-electron chi connectivity index (χ3n) is 4.79. The van der Waals surface area contributed by atoms with E-state index in [9.17, 15) is 0 Å². The van der Waals surface area contributed by atoms with Crippen LogP contribution in [0, 0.1) is 12.8 Å². The molecule has 25 heavy (non-hydrogen) atoms. The summed E-state index contributed by atoms with van der Waals surface area (Å²) < 4.78 is 1.04. The Morgan fingerprint density at radius 2 is 2.12 bits per heavy atom. The zero-order chi connectivity index (χ0) is 17.6. The lowest BCUT2D eigenvalue weighted by Gasteiger charge is -2.38. The van der Waals surface area contributed by atoms with Gasteiger partial charge in [-0.2, -0.15) is 4.98 Å². The van der Waals surface area contributed by atoms with Crippen LogP contribution in [0.3, 0.4) is 0 Å². The number of rotatable bonds is 5. The first kappa shape index (κ1) is 16.3. The van der Waals surface area contributed by atoms with Crippen molar-refractivity contribution in [2.24, 2.45) is 10.9 Å². The van der Waals surface area contributed by atoms with E-state index >= 15 is 0 Å². The van der Waals surface area contributed by atoms with Crippen molar-refractivity contribution in [3.63, 3.8) is 0 Å². The van der Waals surface area contributed by atoms with E-state index in [-0.39, 0.29) is 0 Å². The number of hydrogen-bond donors (Lipinski definition) is 2. The molecule has 1 saturated heterocycles. The van der Waals surface area contributed by atoms with Gasteiger partial charge in [-0.25, -0.2) is 9.98 Å². The van der Waals surface area contributed by atoms with Crippen molar-refractivity contribution >= 4 is 39.2 Å². The number of anilines is 1. The standard InChI is InChI=1S/C18H24N6S/c1-10-7-8-24(10)18-20-15-9-11(2)25-16(15)17(21-18)19-13(4)23-22-12(3)14-5-6-14/h9-10,14,22H,3,5-8H2,1-2,4H3,(H,19,20,21,23). The van der Waals surface area contributed by atoms with E-state index in [1.807, 2.05) is 6.92 Å². The summed E-state index contributed by atoms with van der Waals surface area (Å²) in [5, 5.41) is 0. The molecular formula is C18H24N6S. The van der Waals surface area contributed by atoms with Crippen LogP contribution >= 0.6 is 11.3 Å². The molecule has 1 unspecified atom stereocenters. The second-order valence-corrected chi connectivity index (χ2v) is 8.25. The fourth-order valence-corrected chi connectivity index (χ4v) is 3.82. The monoisotopic (exact) mass is 356 g/mol. The number of hydrazine groups is 1. The van der Waals surface area contributed by atoms with Crippen molar-refractivity contribution in [3.8, 4) is 0 Å². The first-order valence-electron chi connectivity index (χ1n) is 8.82. The largest absolute Gasteiger partial charge is 0.338 e. The number of aromatic nitrogens is 2. The summed E-state index contributed by atoms with van der Waals surface area (Å²) in [6, 6.07) is 2.61. The highest BCUT2D eigenvalue weighted by atomic mass is 32.1. The van der Waals surface area contributed by atoms with E-state index in [1.165, 1.54) is 24.1 Å². The number of fused-ring (bicyclic) bond motifs is 1. The second kappa shape index (κ2) is 6.29. The van der Waals surface area contributed by atoms with Crippen LogP contribution in [0.15, 0.2) is 23.3 Å². The van der Waals surface area contributed by atoms with Crippen LogP contribution in [0.1, 0.15) is 38.0 Å². The Morgan fingerprint density at radius 1 is 1.32 bits per heavy atom. The Labute approximate surface area is 152 Å². The molecule has 7 heteroatoms. The lowest BCUT2D eigenvalue weighted by atomic mass is 10.1. The first-order chi connectivity index (χ1) is 12.0. The number of amidine groups is 1. The third kappa shape index (κ3) is 3.33. The summed E-state index contributed by atoms with van der Waals surface area (Å²) in [4.78, 5) is 17.7. The average Bonchev–Trinajstić information content (AvgIpc) is 3.33. The van der Waals surface area contributed by atoms with Gasteiger partial charge in [-0.05, 0) is 52.0 Å². The highest BCUT2D eigenvalue weighted by Crippen LogP contribution is 2.35. The predicted molar refractivity (Wildman–Crippen MR) is 104 cm³/mol. The van der Waals surface area contributed by atoms with Gasteiger partial charge in [0.05, 0.1) is 10.2 Å². The maximum Gasteiger partial charge on any atom is 0.228 e. The number of thiophene rings is 1. The molecule has 2 fully saturated rings. The first-order valence-corrected chi connectivity index (χ1v) is 9.64. The molecule has 0 bridgehead atoms. The molecule has 2 aliphatic rings. The van der Waals surface area contributed by atoms with Crippen LogP contribution in [0.2, 0.25) is 0 Å². The summed E-state index contributed by atoms with van der Waals surface area (Å²) >= 11 is 1.69. The Bertz CT molecular complexity index is 851. The van der Waals surface area contributed by atoms with Crippen LogP contribution in [-0.2, 0) is 0 Å². The molecular weight excluding hydrogens is 332 g/mol. The topological polar surface area (TPSA) is 65.4 Å². The zero-order valence-corrected chi connectivity index (χ0v) is 15.8. The molecule has 0 spiro atoms. The van der Waals surface area contributed by atoms with Gasteiger partial charge in [0.25, 0.3) is 0 Å². The van der Waals surface area contributed by atoms with Gasteiger partial charge in [-0.1, -0.05) is 6.58 Å². The van der Waals surface area contributed by atoms with E-state index in [0.717, 1.165) is 40.1 Å². The highest BCUT2D eigenvalue weighted by molar-refractivity contribution is 7.19. The molecule has 6 nitrogen and oxygen atoms in total. The van der Waals surface area contributed by atoms with Crippen LogP contribution in [0.25, 0.3) is 10.2 Å². The lowest BCUT2D eigenvalue weighted by Crippen LogP contribution is -2.46. The van der Waals surface area contributed by atoms with Gasteiger partial charge < -0.3 is 10.3 Å². The molecule has 2 aromatic rings. The van der Waals surface area contributed by atoms with Gasteiger partial charge in [-0.3, -0.25) is 5.43 Å². The van der Waals surface area contributed by atoms with Gasteiger partial charge in [0.2, 0.25) is 5.95 Å². The fourth-order valence-electron chi connectivity index (χ4n) is 2.93. The molecule has 0 amide bonds. The van der Waals surface area contributed by atoms with Gasteiger partial charge in [0.15, 0.2) is 5.82 Å². The van der Waals surface area contributed by atoms with Gasteiger partial charge in [-0.15, -0.1) is 11.3 Å². The minimum atomic E-state index is 0.497. The molecule has 1 aliphatic heterocycles. The van der Waals surface area contributed by atoms with Crippen molar-refractivity contribution in [2.45, 2.75) is 46.1 Å². The zero-order valence-electron chi connectivity index (χ0n) is 15.0. The molecule has 4 rings (SSSR count). The molecule has 0 aromatic carbocycles. The Morgan fingerprint density at radius 3 is 2.76 bits per heavy atom. The Kier molecular flexibility index (Phi) is 4.11. The van der Waals surface area contributed by atoms with Crippen LogP contribution in [0.4, 0.5) is 11.8 Å². The fraction of sp³-hybridized carbons (Fsp3) is 0.500. The number of hydrogen-bond acceptors (Lipinski definition) is 6. The van der Waals surface area contributed by atoms with E-state index in [1.54, 1.807) is 11.3 Å². The summed E-state index contributed by atoms with van der Waals surface area (Å²) in [6.45, 7) is 11.3. The number of aliphatic imine (C=N–C) groups is 1. The average molecular weight is 356 g/mol. The number of nitrogens with one attached hydrogen (secondary N) is 2. The second-order valence-electron chi connectivity index (χ2n) is 7.00. The third-order valence-corrected chi connectivity index (χ3v) is 5.83. The van der Waals surface area contributed by atoms with E-state index in [0.29, 0.717) is 12.0 Å². The summed E-state index contributed by atoms with van der Waals surface area (Å²) in [5.74, 6) is 2.90. The molecule has 1 aliphatic carbocycles. The van der Waals surface area contributed by atoms with Crippen molar-refractivity contribution in [1.29, 1.82) is 0 Å². The van der Waals surface area contributed by atoms with Gasteiger partial charge in [0, 0.05) is 23.2 Å². The van der Waals surface area contributed by atoms with Gasteiger partial charge in [0.1, 0.15) is 5.84 Å². The smallest absolute Gasteiger partial charge is 0.228 e. The number of allylic oxidation sites excluding steroid dienone is 1. The molecule has 2 aromatic heterocycles. The van der Waals surface area contributed by atoms with Crippen molar-refractivity contribution in [2.75, 3.05) is 11.4 Å². The maximum atomic E-state index is 4.75. The summed E-state index contributed by atoms with van der Waals surface area (Å²) in [7, 11) is 0. The van der Waals surface area contributed by atoms with E-state index < -0.39 is 0 Å². The molecule has 3 heterocycles. The van der Waals surface area contributed by atoms with Crippen molar-refractivity contribution < 1.29 is 0 Å². The summed E-state index contributed by atoms with van der Waals surface area (Å²) in [6.07, 6.45) is 3.64. The quantitative estimate of drug-likeness (QED) is 0.486. The minimum Gasteiger partial charge on any atom is -0.338 e. The summed E-state index contributed by atoms with van der Waals surface area (Å²) in [5.41, 5.74) is 8.31. The number of nitrogens with zero attached hydrogens (tertiary/aromatic N) is 4. The Hall–Kier alpha value is -2.15. The number of aryl methyl sites for hydroxylation is 1. The maximum absolute atomic E-state index is 4.75. The molecule has 132 valence electrons. The van der Waals surface area contributed by atoms with Gasteiger partial charge >= 0.3 is 0 Å². The molecule has 1 atom stereocenters. The predicted octanol–water partition coefficient (Wildman–Crippen LogP) is 3.67. The molecule has 0 radical (unpaired) electrons. The Balaban J connectivity index is 1.61. The molecule has 1 saturated carbocycles. The minimum absolute atomic E-state index is 0.497. The van der Waals surface area contributed by atoms with Crippen LogP contribution < -0.4 is 15.8 Å².